The Morgan fingerprint density at radius 2 is 0.763 bits per heavy atom. The lowest BCUT2D eigenvalue weighted by molar-refractivity contribution is 0.660. The zero-order valence-corrected chi connectivity index (χ0v) is 34.4. The molecular formula is C57H48N2. The Morgan fingerprint density at radius 1 is 0.339 bits per heavy atom. The first kappa shape index (κ1) is 36.4. The molecule has 0 bridgehead atoms. The molecular weight excluding hydrogens is 713 g/mol. The first-order chi connectivity index (χ1) is 28.7. The number of para-hydroxylation sites is 3. The third-order valence-electron chi connectivity index (χ3n) is 12.8. The van der Waals surface area contributed by atoms with Gasteiger partial charge in [0.05, 0.1) is 0 Å². The number of hydrogen-bond acceptors (Lipinski definition) is 2. The van der Waals surface area contributed by atoms with Gasteiger partial charge in [0.25, 0.3) is 0 Å². The molecule has 0 heterocycles. The van der Waals surface area contributed by atoms with Crippen LogP contribution in [0.5, 0.6) is 0 Å². The van der Waals surface area contributed by atoms with Gasteiger partial charge in [-0.2, -0.15) is 0 Å². The molecule has 2 aliphatic rings. The van der Waals surface area contributed by atoms with Crippen molar-refractivity contribution in [2.24, 2.45) is 0 Å². The van der Waals surface area contributed by atoms with Crippen LogP contribution in [0.25, 0.3) is 34.4 Å². The fraction of sp³-hybridized carbons (Fsp3) is 0.123. The summed E-state index contributed by atoms with van der Waals surface area (Å²) in [5.41, 5.74) is 21.1. The third kappa shape index (κ3) is 6.19. The van der Waals surface area contributed by atoms with E-state index in [1.54, 1.807) is 0 Å². The highest BCUT2D eigenvalue weighted by atomic mass is 15.1. The number of fused-ring (bicyclic) bond motifs is 6. The van der Waals surface area contributed by atoms with Crippen molar-refractivity contribution in [3.8, 4) is 22.3 Å². The molecule has 2 heteroatoms. The number of benzene rings is 8. The second-order valence-electron chi connectivity index (χ2n) is 17.1. The highest BCUT2D eigenvalue weighted by molar-refractivity contribution is 5.89. The van der Waals surface area contributed by atoms with Crippen LogP contribution in [0.1, 0.15) is 66.6 Å². The lowest BCUT2D eigenvalue weighted by atomic mass is 9.81. The molecule has 2 aliphatic carbocycles. The molecule has 0 radical (unpaired) electrons. The molecule has 0 aromatic heterocycles. The SMILES string of the molecule is Cc1ccccc1N(c1ccc2c(c1)C(C)(C)c1ccccc1-2)c1ccc2c(c1)C(C)(C)c1cc(/C=C/c3ccc(N(c4ccccc4)c4ccccc4)cc3)ccc1-2. The van der Waals surface area contributed by atoms with Crippen LogP contribution in [0, 0.1) is 6.92 Å². The molecule has 0 atom stereocenters. The molecule has 0 spiro atoms. The number of anilines is 6. The van der Waals surface area contributed by atoms with Crippen LogP contribution in [0.4, 0.5) is 34.1 Å². The lowest BCUT2D eigenvalue weighted by Gasteiger charge is -2.30. The highest BCUT2D eigenvalue weighted by Gasteiger charge is 2.38. The quantitative estimate of drug-likeness (QED) is 0.142. The highest BCUT2D eigenvalue weighted by Crippen LogP contribution is 2.53. The monoisotopic (exact) mass is 760 g/mol. The average Bonchev–Trinajstić information content (AvgIpc) is 3.63. The molecule has 59 heavy (non-hydrogen) atoms. The van der Waals surface area contributed by atoms with Crippen molar-refractivity contribution in [3.63, 3.8) is 0 Å². The van der Waals surface area contributed by atoms with Gasteiger partial charge >= 0.3 is 0 Å². The Bertz CT molecular complexity index is 2840. The fourth-order valence-electron chi connectivity index (χ4n) is 9.59. The maximum Gasteiger partial charge on any atom is 0.0490 e. The average molecular weight is 761 g/mol. The fourth-order valence-corrected chi connectivity index (χ4v) is 9.59. The Kier molecular flexibility index (Phi) is 8.76. The van der Waals surface area contributed by atoms with E-state index in [4.69, 9.17) is 0 Å². The Hall–Kier alpha value is -6.90. The van der Waals surface area contributed by atoms with Gasteiger partial charge in [-0.15, -0.1) is 0 Å². The normalized spacial score (nSPS) is 14.1. The van der Waals surface area contributed by atoms with Gasteiger partial charge in [0.1, 0.15) is 0 Å². The molecule has 0 unspecified atom stereocenters. The summed E-state index contributed by atoms with van der Waals surface area (Å²) in [4.78, 5) is 4.76. The van der Waals surface area contributed by atoms with Crippen molar-refractivity contribution in [3.05, 3.63) is 227 Å². The van der Waals surface area contributed by atoms with Gasteiger partial charge in [0.2, 0.25) is 0 Å². The first-order valence-electron chi connectivity index (χ1n) is 20.8. The molecule has 0 aliphatic heterocycles. The summed E-state index contributed by atoms with van der Waals surface area (Å²) in [6.45, 7) is 11.7. The van der Waals surface area contributed by atoms with Crippen LogP contribution in [-0.4, -0.2) is 0 Å². The van der Waals surface area contributed by atoms with E-state index in [-0.39, 0.29) is 10.8 Å². The van der Waals surface area contributed by atoms with Crippen molar-refractivity contribution < 1.29 is 0 Å². The molecule has 0 N–H and O–H groups in total. The first-order valence-corrected chi connectivity index (χ1v) is 20.8. The van der Waals surface area contributed by atoms with Gasteiger partial charge in [-0.1, -0.05) is 161 Å². The van der Waals surface area contributed by atoms with E-state index in [1.807, 2.05) is 0 Å². The van der Waals surface area contributed by atoms with Crippen molar-refractivity contribution in [1.82, 2.24) is 0 Å². The molecule has 0 saturated heterocycles. The Labute approximate surface area is 349 Å². The van der Waals surface area contributed by atoms with Gasteiger partial charge in [-0.3, -0.25) is 0 Å². The summed E-state index contributed by atoms with van der Waals surface area (Å²) >= 11 is 0. The molecule has 0 fully saturated rings. The Balaban J connectivity index is 0.965. The van der Waals surface area contributed by atoms with Crippen LogP contribution < -0.4 is 9.80 Å². The second-order valence-corrected chi connectivity index (χ2v) is 17.1. The van der Waals surface area contributed by atoms with Gasteiger partial charge < -0.3 is 9.80 Å². The van der Waals surface area contributed by atoms with Crippen molar-refractivity contribution in [1.29, 1.82) is 0 Å². The topological polar surface area (TPSA) is 6.48 Å². The third-order valence-corrected chi connectivity index (χ3v) is 12.8. The standard InChI is InChI=1S/C57H48N2/c1-39-16-12-15-23-55(39)59(45-31-34-49-47-21-13-14-22-51(47)56(2,3)53(49)37-45)46-32-35-50-48-33-28-41(36-52(48)57(4,5)54(50)38-46)25-24-40-26-29-44(30-27-40)58(42-17-8-6-9-18-42)43-19-10-7-11-20-43/h6-38H,1-5H3/b25-24+. The number of aryl methyl sites for hydroxylation is 1. The molecule has 8 aromatic carbocycles. The van der Waals surface area contributed by atoms with Crippen molar-refractivity contribution >= 4 is 46.3 Å². The van der Waals surface area contributed by atoms with Crippen LogP contribution in [0.3, 0.4) is 0 Å². The summed E-state index contributed by atoms with van der Waals surface area (Å²) in [5, 5.41) is 0. The van der Waals surface area contributed by atoms with Crippen molar-refractivity contribution in [2.45, 2.75) is 45.4 Å². The molecule has 10 rings (SSSR count). The minimum Gasteiger partial charge on any atom is -0.311 e. The van der Waals surface area contributed by atoms with E-state index < -0.39 is 0 Å². The van der Waals surface area contributed by atoms with E-state index in [2.05, 4.69) is 245 Å². The van der Waals surface area contributed by atoms with E-state index in [0.29, 0.717) is 0 Å². The molecule has 0 amide bonds. The maximum absolute atomic E-state index is 2.46. The minimum atomic E-state index is -0.177. The Morgan fingerprint density at radius 3 is 1.37 bits per heavy atom. The number of nitrogens with zero attached hydrogens (tertiary/aromatic N) is 2. The second kappa shape index (κ2) is 14.2. The van der Waals surface area contributed by atoms with Gasteiger partial charge in [0, 0.05) is 45.0 Å². The largest absolute Gasteiger partial charge is 0.311 e. The van der Waals surface area contributed by atoms with Gasteiger partial charge in [0.15, 0.2) is 0 Å². The van der Waals surface area contributed by atoms with Crippen LogP contribution in [0.15, 0.2) is 188 Å². The van der Waals surface area contributed by atoms with E-state index in [1.165, 1.54) is 72.7 Å². The van der Waals surface area contributed by atoms with Crippen LogP contribution in [0.2, 0.25) is 0 Å². The van der Waals surface area contributed by atoms with Gasteiger partial charge in [-0.25, -0.2) is 0 Å². The maximum atomic E-state index is 2.46. The van der Waals surface area contributed by atoms with E-state index in [9.17, 15) is 0 Å². The summed E-state index contributed by atoms with van der Waals surface area (Å²) in [7, 11) is 0. The summed E-state index contributed by atoms with van der Waals surface area (Å²) in [6, 6.07) is 68.8. The van der Waals surface area contributed by atoms with E-state index in [0.717, 1.165) is 22.6 Å². The molecule has 286 valence electrons. The number of rotatable bonds is 8. The molecule has 0 saturated carbocycles. The minimum absolute atomic E-state index is 0.0809. The summed E-state index contributed by atoms with van der Waals surface area (Å²) in [6.07, 6.45) is 4.48. The number of hydrogen-bond donors (Lipinski definition) is 0. The summed E-state index contributed by atoms with van der Waals surface area (Å²) in [5.74, 6) is 0. The predicted molar refractivity (Wildman–Crippen MR) is 251 cm³/mol. The van der Waals surface area contributed by atoms with Crippen LogP contribution in [-0.2, 0) is 10.8 Å². The zero-order valence-electron chi connectivity index (χ0n) is 34.4. The molecule has 8 aromatic rings. The van der Waals surface area contributed by atoms with E-state index >= 15 is 0 Å². The smallest absolute Gasteiger partial charge is 0.0490 e. The lowest BCUT2D eigenvalue weighted by Crippen LogP contribution is -2.18. The molecule has 2 nitrogen and oxygen atoms in total. The van der Waals surface area contributed by atoms with Gasteiger partial charge in [-0.05, 0) is 135 Å². The predicted octanol–water partition coefficient (Wildman–Crippen LogP) is 15.7. The van der Waals surface area contributed by atoms with Crippen molar-refractivity contribution in [2.75, 3.05) is 9.80 Å². The van der Waals surface area contributed by atoms with Crippen LogP contribution >= 0.6 is 0 Å². The zero-order chi connectivity index (χ0) is 40.3. The summed E-state index contributed by atoms with van der Waals surface area (Å²) < 4.78 is 0.